The molecule has 4 N–H and O–H groups in total. The molecule has 0 amide bonds. The molecule has 0 unspecified atom stereocenters. The third kappa shape index (κ3) is 5.96. The zero-order valence-corrected chi connectivity index (χ0v) is 9.01. The molecule has 0 aromatic heterocycles. The van der Waals surface area contributed by atoms with Gasteiger partial charge in [0.25, 0.3) is 0 Å². The Labute approximate surface area is 100 Å². The minimum atomic E-state index is -1.77. The Kier molecular flexibility index (Phi) is 8.14. The minimum Gasteiger partial charge on any atom is -0.431 e. The van der Waals surface area contributed by atoms with Gasteiger partial charge in [-0.3, -0.25) is 0 Å². The maximum Gasteiger partial charge on any atom is 0.126 e. The van der Waals surface area contributed by atoms with Crippen LogP contribution in [0, 0.1) is 0 Å². The van der Waals surface area contributed by atoms with Crippen LogP contribution in [-0.4, -0.2) is 58.1 Å². The molecular formula is C6H12N6O6. The molecular weight excluding hydrogens is 252 g/mol. The van der Waals surface area contributed by atoms with E-state index in [4.69, 9.17) is 11.1 Å². The molecule has 12 nitrogen and oxygen atoms in total. The normalized spacial score (nSPS) is 16.4. The molecule has 0 heterocycles. The third-order valence-electron chi connectivity index (χ3n) is 1.82. The Bertz CT molecular complexity index is 297. The molecule has 0 aliphatic rings. The van der Waals surface area contributed by atoms with Crippen LogP contribution in [0.4, 0.5) is 0 Å². The van der Waals surface area contributed by atoms with Gasteiger partial charge in [0, 0.05) is 9.82 Å². The zero-order chi connectivity index (χ0) is 14.0. The van der Waals surface area contributed by atoms with Gasteiger partial charge in [0.05, 0.1) is 0 Å². The molecule has 18 heavy (non-hydrogen) atoms. The minimum absolute atomic E-state index is 0.577. The van der Waals surface area contributed by atoms with Crippen molar-refractivity contribution in [3.05, 3.63) is 20.9 Å². The van der Waals surface area contributed by atoms with E-state index in [-0.39, 0.29) is 0 Å². The van der Waals surface area contributed by atoms with Crippen LogP contribution in [0.3, 0.4) is 0 Å². The Morgan fingerprint density at radius 1 is 0.833 bits per heavy atom. The lowest BCUT2D eigenvalue weighted by Crippen LogP contribution is -2.47. The fraction of sp³-hybridized carbons (Fsp3) is 1.00. The first kappa shape index (κ1) is 16.1. The largest absolute Gasteiger partial charge is 0.431 e. The topological polar surface area (TPSA) is 197 Å². The summed E-state index contributed by atoms with van der Waals surface area (Å²) in [6.07, 6.45) is -6.74. The van der Waals surface area contributed by atoms with E-state index in [9.17, 15) is 20.4 Å². The summed E-state index contributed by atoms with van der Waals surface area (Å²) in [5.41, 5.74) is 15.8. The number of azide groups is 2. The van der Waals surface area contributed by atoms with Crippen molar-refractivity contribution in [2.24, 2.45) is 10.6 Å². The van der Waals surface area contributed by atoms with Crippen molar-refractivity contribution in [3.8, 4) is 0 Å². The summed E-state index contributed by atoms with van der Waals surface area (Å²) in [6, 6.07) is 0. The Morgan fingerprint density at radius 3 is 1.44 bits per heavy atom. The fourth-order valence-corrected chi connectivity index (χ4v) is 0.923. The Morgan fingerprint density at radius 2 is 1.17 bits per heavy atom. The van der Waals surface area contributed by atoms with E-state index < -0.39 is 37.6 Å². The zero-order valence-electron chi connectivity index (χ0n) is 9.01. The van der Waals surface area contributed by atoms with Crippen LogP contribution in [0.2, 0.25) is 0 Å². The van der Waals surface area contributed by atoms with Crippen molar-refractivity contribution in [3.63, 3.8) is 0 Å². The summed E-state index contributed by atoms with van der Waals surface area (Å²) in [4.78, 5) is 12.9. The highest BCUT2D eigenvalue weighted by Gasteiger charge is 2.31. The lowest BCUT2D eigenvalue weighted by molar-refractivity contribution is -0.134. The van der Waals surface area contributed by atoms with Gasteiger partial charge in [0.1, 0.15) is 48.2 Å². The first-order valence-corrected chi connectivity index (χ1v) is 4.59. The lowest BCUT2D eigenvalue weighted by atomic mass is 10.0. The molecule has 102 valence electrons. The second-order valence-corrected chi connectivity index (χ2v) is 3.05. The summed E-state index contributed by atoms with van der Waals surface area (Å²) in [5.74, 6) is 0. The molecule has 0 aromatic carbocycles. The molecule has 12 heteroatoms. The number of hydrogen-bond acceptors (Lipinski definition) is 8. The average Bonchev–Trinajstić information content (AvgIpc) is 2.37. The second kappa shape index (κ2) is 9.13. The van der Waals surface area contributed by atoms with Crippen molar-refractivity contribution >= 4 is 0 Å². The second-order valence-electron chi connectivity index (χ2n) is 3.05. The van der Waals surface area contributed by atoms with Gasteiger partial charge in [0.15, 0.2) is 0 Å². The van der Waals surface area contributed by atoms with Crippen molar-refractivity contribution in [1.82, 2.24) is 0 Å². The summed E-state index contributed by atoms with van der Waals surface area (Å²) >= 11 is 0. The van der Waals surface area contributed by atoms with Crippen molar-refractivity contribution in [2.45, 2.75) is 24.4 Å². The van der Waals surface area contributed by atoms with Gasteiger partial charge in [-0.1, -0.05) is 0 Å². The summed E-state index contributed by atoms with van der Waals surface area (Å²) < 4.78 is 0. The SMILES string of the molecule is [N-]=[N+]=NOC[C@@H](O)[C@@H](O)[C@H](O)[C@H](O)CON=[N+]=[N-]. The van der Waals surface area contributed by atoms with E-state index in [1.807, 2.05) is 0 Å². The van der Waals surface area contributed by atoms with Gasteiger partial charge >= 0.3 is 0 Å². The molecule has 0 bridgehead atoms. The van der Waals surface area contributed by atoms with E-state index >= 15 is 0 Å². The first-order valence-electron chi connectivity index (χ1n) is 4.59. The number of rotatable bonds is 9. The molecule has 0 saturated carbocycles. The van der Waals surface area contributed by atoms with Crippen molar-refractivity contribution in [1.29, 1.82) is 0 Å². The molecule has 0 radical (unpaired) electrons. The molecule has 0 spiro atoms. The monoisotopic (exact) mass is 264 g/mol. The third-order valence-corrected chi connectivity index (χ3v) is 1.82. The van der Waals surface area contributed by atoms with E-state index in [0.29, 0.717) is 0 Å². The van der Waals surface area contributed by atoms with Crippen LogP contribution in [0.5, 0.6) is 0 Å². The van der Waals surface area contributed by atoms with Crippen molar-refractivity contribution < 1.29 is 30.1 Å². The van der Waals surface area contributed by atoms with Gasteiger partial charge in [-0.2, -0.15) is 0 Å². The van der Waals surface area contributed by atoms with Gasteiger partial charge < -0.3 is 30.1 Å². The molecule has 4 atom stereocenters. The number of hydrogen-bond donors (Lipinski definition) is 4. The van der Waals surface area contributed by atoms with E-state index in [2.05, 4.69) is 30.1 Å². The Hall–Kier alpha value is -1.94. The van der Waals surface area contributed by atoms with Crippen LogP contribution in [0.15, 0.2) is 10.6 Å². The van der Waals surface area contributed by atoms with E-state index in [1.54, 1.807) is 0 Å². The molecule has 0 aliphatic heterocycles. The van der Waals surface area contributed by atoms with Gasteiger partial charge in [-0.25, -0.2) is 0 Å². The highest BCUT2D eigenvalue weighted by atomic mass is 16.7. The average molecular weight is 264 g/mol. The molecule has 0 aromatic rings. The van der Waals surface area contributed by atoms with Gasteiger partial charge in [-0.05, 0) is 11.1 Å². The smallest absolute Gasteiger partial charge is 0.126 e. The summed E-state index contributed by atoms with van der Waals surface area (Å²) in [7, 11) is 0. The predicted octanol–water partition coefficient (Wildman–Crippen LogP) is -1.09. The van der Waals surface area contributed by atoms with E-state index in [0.717, 1.165) is 0 Å². The number of nitrogens with zero attached hydrogens (tertiary/aromatic N) is 6. The molecule has 0 rings (SSSR count). The lowest BCUT2D eigenvalue weighted by Gasteiger charge is -2.25. The molecule has 0 saturated heterocycles. The summed E-state index contributed by atoms with van der Waals surface area (Å²) in [6.45, 7) is -1.15. The predicted molar refractivity (Wildman–Crippen MR) is 54.2 cm³/mol. The number of aliphatic hydroxyl groups excluding tert-OH is 4. The van der Waals surface area contributed by atoms with Crippen LogP contribution in [0.25, 0.3) is 20.9 Å². The fourth-order valence-electron chi connectivity index (χ4n) is 0.923. The Balaban J connectivity index is 4.16. The van der Waals surface area contributed by atoms with Crippen molar-refractivity contribution in [2.75, 3.05) is 13.2 Å². The van der Waals surface area contributed by atoms with E-state index in [1.165, 1.54) is 0 Å². The highest BCUT2D eigenvalue weighted by molar-refractivity contribution is 4.80. The highest BCUT2D eigenvalue weighted by Crippen LogP contribution is 2.06. The summed E-state index contributed by atoms with van der Waals surface area (Å²) in [5, 5.41) is 42.6. The van der Waals surface area contributed by atoms with Gasteiger partial charge in [-0.15, -0.1) is 0 Å². The standard InChI is InChI=1S/C6H12N6O6/c7-9-11-17-1-3(13)5(15)6(16)4(14)2-18-12-10-8/h3-6,13-16H,1-2H2/t3-,4-,5-,6-/m1/s1. The van der Waals surface area contributed by atoms with Gasteiger partial charge in [0.2, 0.25) is 0 Å². The molecule has 0 aliphatic carbocycles. The van der Waals surface area contributed by atoms with Crippen LogP contribution < -0.4 is 0 Å². The van der Waals surface area contributed by atoms with Crippen LogP contribution >= 0.6 is 0 Å². The molecule has 0 fully saturated rings. The van der Waals surface area contributed by atoms with Crippen LogP contribution in [0.1, 0.15) is 0 Å². The quantitative estimate of drug-likeness (QED) is 0.176. The van der Waals surface area contributed by atoms with Crippen LogP contribution in [-0.2, 0) is 9.68 Å². The maximum absolute atomic E-state index is 9.38. The number of aliphatic hydroxyl groups is 4. The first-order chi connectivity index (χ1) is 8.54. The maximum atomic E-state index is 9.38.